The van der Waals surface area contributed by atoms with Crippen LogP contribution in [0.1, 0.15) is 49.7 Å². The van der Waals surface area contributed by atoms with Crippen LogP contribution in [0.25, 0.3) is 11.2 Å². The number of fused-ring (bicyclic) bond motifs is 1. The SMILES string of the molecule is CC(C)(C)OC(=O)N1CCN([C@@H](c2ccccc2)[C@@H](c2ccccc2)n2cc(Cn3cnc(=N)c4[nH]cnc43)nn2)CC1. The number of rotatable bonds is 7. The van der Waals surface area contributed by atoms with Gasteiger partial charge in [0, 0.05) is 26.2 Å². The zero-order chi connectivity index (χ0) is 30.0. The van der Waals surface area contributed by atoms with E-state index in [-0.39, 0.29) is 23.7 Å². The first kappa shape index (κ1) is 28.3. The third-order valence-corrected chi connectivity index (χ3v) is 7.57. The number of imidazole rings is 1. The third-order valence-electron chi connectivity index (χ3n) is 7.57. The lowest BCUT2D eigenvalue weighted by atomic mass is 9.91. The largest absolute Gasteiger partial charge is 0.444 e. The molecule has 12 heteroatoms. The summed E-state index contributed by atoms with van der Waals surface area (Å²) in [7, 11) is 0. The fourth-order valence-electron chi connectivity index (χ4n) is 5.62. The Balaban J connectivity index is 1.33. The van der Waals surface area contributed by atoms with Crippen molar-refractivity contribution >= 4 is 17.3 Å². The highest BCUT2D eigenvalue weighted by Gasteiger charge is 2.36. The lowest BCUT2D eigenvalue weighted by molar-refractivity contribution is 0.00756. The second-order valence-corrected chi connectivity index (χ2v) is 11.7. The van der Waals surface area contributed by atoms with Crippen molar-refractivity contribution in [3.05, 3.63) is 102 Å². The van der Waals surface area contributed by atoms with Crippen LogP contribution in [0.4, 0.5) is 4.79 Å². The van der Waals surface area contributed by atoms with Gasteiger partial charge in [-0.15, -0.1) is 5.10 Å². The second-order valence-electron chi connectivity index (χ2n) is 11.7. The minimum absolute atomic E-state index is 0.0751. The summed E-state index contributed by atoms with van der Waals surface area (Å²) in [4.78, 5) is 28.6. The van der Waals surface area contributed by atoms with Gasteiger partial charge < -0.3 is 19.2 Å². The number of ether oxygens (including phenoxy) is 1. The van der Waals surface area contributed by atoms with E-state index in [0.29, 0.717) is 43.9 Å². The average molecular weight is 581 g/mol. The molecule has 1 amide bonds. The van der Waals surface area contributed by atoms with Crippen molar-refractivity contribution in [2.24, 2.45) is 0 Å². The maximum absolute atomic E-state index is 12.8. The summed E-state index contributed by atoms with van der Waals surface area (Å²) in [5.41, 5.74) is 3.83. The van der Waals surface area contributed by atoms with E-state index in [1.165, 1.54) is 0 Å². The Labute approximate surface area is 249 Å². The predicted octanol–water partition coefficient (Wildman–Crippen LogP) is 3.76. The Kier molecular flexibility index (Phi) is 7.76. The molecule has 0 unspecified atom stereocenters. The lowest BCUT2D eigenvalue weighted by Gasteiger charge is -2.42. The number of carbonyl (C=O) groups excluding carboxylic acids is 1. The van der Waals surface area contributed by atoms with Gasteiger partial charge >= 0.3 is 6.09 Å². The van der Waals surface area contributed by atoms with E-state index in [1.54, 1.807) is 17.6 Å². The van der Waals surface area contributed by atoms with Gasteiger partial charge in [-0.3, -0.25) is 10.3 Å². The Morgan fingerprint density at radius 2 is 1.60 bits per heavy atom. The van der Waals surface area contributed by atoms with Crippen molar-refractivity contribution in [1.82, 2.24) is 44.3 Å². The fourth-order valence-corrected chi connectivity index (χ4v) is 5.62. The summed E-state index contributed by atoms with van der Waals surface area (Å²) in [6.07, 6.45) is 4.87. The second kappa shape index (κ2) is 11.8. The smallest absolute Gasteiger partial charge is 0.410 e. The number of nitrogens with zero attached hydrogens (tertiary/aromatic N) is 8. The van der Waals surface area contributed by atoms with Gasteiger partial charge in [-0.2, -0.15) is 0 Å². The molecule has 1 fully saturated rings. The van der Waals surface area contributed by atoms with Gasteiger partial charge in [0.05, 0.1) is 37.5 Å². The quantitative estimate of drug-likeness (QED) is 0.299. The van der Waals surface area contributed by atoms with E-state index >= 15 is 0 Å². The lowest BCUT2D eigenvalue weighted by Crippen LogP contribution is -2.52. The summed E-state index contributed by atoms with van der Waals surface area (Å²) in [6.45, 7) is 8.57. The number of aromatic nitrogens is 7. The molecule has 0 bridgehead atoms. The van der Waals surface area contributed by atoms with Crippen LogP contribution in [0.2, 0.25) is 0 Å². The van der Waals surface area contributed by atoms with Gasteiger partial charge in [0.15, 0.2) is 11.1 Å². The van der Waals surface area contributed by atoms with Crippen molar-refractivity contribution in [1.29, 1.82) is 5.41 Å². The summed E-state index contributed by atoms with van der Waals surface area (Å²) in [5.74, 6) is 0. The molecule has 0 aliphatic carbocycles. The van der Waals surface area contributed by atoms with Crippen LogP contribution in [0, 0.1) is 5.41 Å². The Hall–Kier alpha value is -4.84. The van der Waals surface area contributed by atoms with E-state index in [2.05, 4.69) is 66.6 Å². The van der Waals surface area contributed by atoms with E-state index in [9.17, 15) is 4.79 Å². The minimum atomic E-state index is -0.537. The van der Waals surface area contributed by atoms with E-state index in [1.807, 2.05) is 60.5 Å². The molecule has 1 aliphatic rings. The molecule has 1 saturated heterocycles. The molecule has 0 radical (unpaired) electrons. The summed E-state index contributed by atoms with van der Waals surface area (Å²) >= 11 is 0. The number of nitrogens with one attached hydrogen (secondary N) is 2. The number of H-pyrrole nitrogens is 1. The van der Waals surface area contributed by atoms with Crippen LogP contribution < -0.4 is 5.49 Å². The van der Waals surface area contributed by atoms with Gasteiger partial charge in [-0.05, 0) is 31.9 Å². The number of aromatic amines is 1. The van der Waals surface area contributed by atoms with Crippen molar-refractivity contribution in [2.45, 2.75) is 45.0 Å². The predicted molar refractivity (Wildman–Crippen MR) is 160 cm³/mol. The van der Waals surface area contributed by atoms with E-state index < -0.39 is 5.60 Å². The van der Waals surface area contributed by atoms with Gasteiger partial charge in [0.25, 0.3) is 0 Å². The molecule has 3 aromatic heterocycles. The van der Waals surface area contributed by atoms with E-state index in [4.69, 9.17) is 10.1 Å². The molecule has 2 atom stereocenters. The molecule has 43 heavy (non-hydrogen) atoms. The monoisotopic (exact) mass is 580 g/mol. The standard InChI is InChI=1S/C31H36N10O2/c1-31(2,3)43-30(42)39-16-14-38(15-17-39)26(22-10-6-4-7-11-22)27(23-12-8-5-9-13-23)41-19-24(36-37-41)18-40-21-35-28(32)25-29(40)34-20-33-25/h4-13,19-21,26-27,32H,14-18H2,1-3H3,(H,33,34)/t26-,27+/m0/s1. The van der Waals surface area contributed by atoms with Crippen molar-refractivity contribution < 1.29 is 9.53 Å². The highest BCUT2D eigenvalue weighted by atomic mass is 16.6. The molecule has 0 spiro atoms. The maximum Gasteiger partial charge on any atom is 0.410 e. The van der Waals surface area contributed by atoms with Crippen LogP contribution >= 0.6 is 0 Å². The topological polar surface area (TPSA) is 134 Å². The Morgan fingerprint density at radius 3 is 2.26 bits per heavy atom. The number of amides is 1. The minimum Gasteiger partial charge on any atom is -0.444 e. The molecule has 4 heterocycles. The third kappa shape index (κ3) is 6.19. The highest BCUT2D eigenvalue weighted by molar-refractivity contribution is 5.68. The molecule has 1 aliphatic heterocycles. The van der Waals surface area contributed by atoms with Crippen molar-refractivity contribution in [2.75, 3.05) is 26.2 Å². The number of carbonyl (C=O) groups is 1. The average Bonchev–Trinajstić information content (AvgIpc) is 3.68. The van der Waals surface area contributed by atoms with E-state index in [0.717, 1.165) is 16.8 Å². The number of piperazine rings is 1. The first-order chi connectivity index (χ1) is 20.8. The van der Waals surface area contributed by atoms with Crippen LogP contribution in [0.15, 0.2) is 79.5 Å². The molecule has 0 saturated carbocycles. The normalized spacial score (nSPS) is 15.8. The highest BCUT2D eigenvalue weighted by Crippen LogP contribution is 2.37. The first-order valence-electron chi connectivity index (χ1n) is 14.4. The van der Waals surface area contributed by atoms with Gasteiger partial charge in [0.1, 0.15) is 16.8 Å². The zero-order valence-electron chi connectivity index (χ0n) is 24.6. The van der Waals surface area contributed by atoms with Crippen LogP contribution in [-0.4, -0.2) is 82.2 Å². The van der Waals surface area contributed by atoms with Crippen LogP contribution in [0.5, 0.6) is 0 Å². The van der Waals surface area contributed by atoms with Crippen molar-refractivity contribution in [3.63, 3.8) is 0 Å². The van der Waals surface area contributed by atoms with Crippen molar-refractivity contribution in [3.8, 4) is 0 Å². The molecule has 2 N–H and O–H groups in total. The molecule has 12 nitrogen and oxygen atoms in total. The molecular formula is C31H36N10O2. The van der Waals surface area contributed by atoms with Crippen LogP contribution in [0.3, 0.4) is 0 Å². The molecule has 2 aromatic carbocycles. The summed E-state index contributed by atoms with van der Waals surface area (Å²) in [6, 6.07) is 20.5. The Morgan fingerprint density at radius 1 is 0.953 bits per heavy atom. The fraction of sp³-hybridized carbons (Fsp3) is 0.355. The summed E-state index contributed by atoms with van der Waals surface area (Å²) in [5, 5.41) is 17.3. The first-order valence-corrected chi connectivity index (χ1v) is 14.4. The Bertz CT molecular complexity index is 1730. The van der Waals surface area contributed by atoms with Gasteiger partial charge in [-0.1, -0.05) is 65.9 Å². The zero-order valence-corrected chi connectivity index (χ0v) is 24.6. The molecule has 222 valence electrons. The number of benzene rings is 2. The molecule has 6 rings (SSSR count). The molecule has 5 aromatic rings. The number of hydrogen-bond acceptors (Lipinski definition) is 8. The number of hydrogen-bond donors (Lipinski definition) is 2. The summed E-state index contributed by atoms with van der Waals surface area (Å²) < 4.78 is 9.45. The maximum atomic E-state index is 12.8. The van der Waals surface area contributed by atoms with Gasteiger partial charge in [-0.25, -0.2) is 19.4 Å². The molecular weight excluding hydrogens is 544 g/mol. The van der Waals surface area contributed by atoms with Crippen LogP contribution in [-0.2, 0) is 11.3 Å². The van der Waals surface area contributed by atoms with Gasteiger partial charge in [0.2, 0.25) is 0 Å².